The van der Waals surface area contributed by atoms with E-state index < -0.39 is 5.97 Å². The summed E-state index contributed by atoms with van der Waals surface area (Å²) in [6, 6.07) is 21.7. The van der Waals surface area contributed by atoms with Gasteiger partial charge >= 0.3 is 5.97 Å². The minimum absolute atomic E-state index is 0.271. The van der Waals surface area contributed by atoms with E-state index in [2.05, 4.69) is 49.5 Å². The molecule has 0 aromatic heterocycles. The molecule has 26 heavy (non-hydrogen) atoms. The van der Waals surface area contributed by atoms with Crippen LogP contribution >= 0.6 is 0 Å². The first-order chi connectivity index (χ1) is 12.5. The minimum Gasteiger partial charge on any atom is -0.478 e. The van der Waals surface area contributed by atoms with E-state index in [1.54, 1.807) is 18.2 Å². The fourth-order valence-electron chi connectivity index (χ4n) is 2.99. The first kappa shape index (κ1) is 17.7. The zero-order chi connectivity index (χ0) is 18.5. The van der Waals surface area contributed by atoms with Crippen molar-refractivity contribution in [2.75, 3.05) is 5.32 Å². The van der Waals surface area contributed by atoms with E-state index in [1.165, 1.54) is 22.3 Å². The summed E-state index contributed by atoms with van der Waals surface area (Å²) in [4.78, 5) is 11.3. The number of para-hydroxylation sites is 1. The molecule has 0 spiro atoms. The summed E-state index contributed by atoms with van der Waals surface area (Å²) in [7, 11) is 0. The molecule has 3 aromatic carbocycles. The molecule has 0 aliphatic rings. The van der Waals surface area contributed by atoms with Crippen molar-refractivity contribution in [2.24, 2.45) is 0 Å². The van der Waals surface area contributed by atoms with Gasteiger partial charge in [0.2, 0.25) is 0 Å². The minimum atomic E-state index is -0.931. The standard InChI is InChI=1S/C23H23NO2/c1-16-10-11-19(14-17(16)2)13-12-18-6-5-7-20(15-18)24-22-9-4-3-8-21(22)23(25)26/h3-11,14-15,24H,12-13H2,1-2H3,(H,25,26). The number of hydrogen-bond acceptors (Lipinski definition) is 2. The Morgan fingerprint density at radius 1 is 0.846 bits per heavy atom. The second kappa shape index (κ2) is 7.87. The third kappa shape index (κ3) is 4.31. The highest BCUT2D eigenvalue weighted by Crippen LogP contribution is 2.22. The molecule has 3 aromatic rings. The molecule has 3 rings (SSSR count). The van der Waals surface area contributed by atoms with E-state index in [0.717, 1.165) is 18.5 Å². The third-order valence-electron chi connectivity index (χ3n) is 4.64. The zero-order valence-corrected chi connectivity index (χ0v) is 15.1. The van der Waals surface area contributed by atoms with Crippen molar-refractivity contribution < 1.29 is 9.90 Å². The molecule has 0 saturated carbocycles. The summed E-state index contributed by atoms with van der Waals surface area (Å²) in [6.45, 7) is 4.27. The lowest BCUT2D eigenvalue weighted by Crippen LogP contribution is -2.02. The molecule has 0 unspecified atom stereocenters. The average molecular weight is 345 g/mol. The highest BCUT2D eigenvalue weighted by atomic mass is 16.4. The molecule has 0 saturated heterocycles. The molecule has 0 atom stereocenters. The van der Waals surface area contributed by atoms with E-state index in [0.29, 0.717) is 5.69 Å². The molecular weight excluding hydrogens is 322 g/mol. The predicted octanol–water partition coefficient (Wildman–Crippen LogP) is 5.53. The highest BCUT2D eigenvalue weighted by molar-refractivity contribution is 5.95. The lowest BCUT2D eigenvalue weighted by Gasteiger charge is -2.11. The van der Waals surface area contributed by atoms with Gasteiger partial charge in [0.25, 0.3) is 0 Å². The molecule has 3 heteroatoms. The summed E-state index contributed by atoms with van der Waals surface area (Å²) < 4.78 is 0. The zero-order valence-electron chi connectivity index (χ0n) is 15.1. The van der Waals surface area contributed by atoms with E-state index >= 15 is 0 Å². The van der Waals surface area contributed by atoms with Crippen molar-refractivity contribution in [2.45, 2.75) is 26.7 Å². The lowest BCUT2D eigenvalue weighted by atomic mass is 10.0. The van der Waals surface area contributed by atoms with Gasteiger partial charge in [-0.2, -0.15) is 0 Å². The monoisotopic (exact) mass is 345 g/mol. The van der Waals surface area contributed by atoms with Gasteiger partial charge in [-0.05, 0) is 73.2 Å². The number of nitrogens with one attached hydrogen (secondary N) is 1. The van der Waals surface area contributed by atoms with Crippen LogP contribution in [0.2, 0.25) is 0 Å². The van der Waals surface area contributed by atoms with Gasteiger partial charge in [-0.15, -0.1) is 0 Å². The number of carbonyl (C=O) groups is 1. The largest absolute Gasteiger partial charge is 0.478 e. The number of carboxylic acid groups (broad SMARTS) is 1. The number of anilines is 2. The summed E-state index contributed by atoms with van der Waals surface area (Å²) >= 11 is 0. The molecule has 132 valence electrons. The first-order valence-electron chi connectivity index (χ1n) is 8.77. The van der Waals surface area contributed by atoms with Gasteiger partial charge in [0.05, 0.1) is 11.3 Å². The predicted molar refractivity (Wildman–Crippen MR) is 106 cm³/mol. The maximum absolute atomic E-state index is 11.3. The van der Waals surface area contributed by atoms with Crippen LogP contribution in [-0.2, 0) is 12.8 Å². The number of hydrogen-bond donors (Lipinski definition) is 2. The van der Waals surface area contributed by atoms with E-state index in [1.807, 2.05) is 18.2 Å². The Morgan fingerprint density at radius 3 is 2.31 bits per heavy atom. The number of carboxylic acids is 1. The Bertz CT molecular complexity index is 931. The Labute approximate surface area is 154 Å². The molecule has 0 heterocycles. The topological polar surface area (TPSA) is 49.3 Å². The second-order valence-electron chi connectivity index (χ2n) is 6.59. The molecule has 0 radical (unpaired) electrons. The molecule has 0 aliphatic carbocycles. The number of aromatic carboxylic acids is 1. The van der Waals surface area contributed by atoms with Gasteiger partial charge < -0.3 is 10.4 Å². The molecule has 2 N–H and O–H groups in total. The van der Waals surface area contributed by atoms with Crippen molar-refractivity contribution in [3.05, 3.63) is 94.5 Å². The highest BCUT2D eigenvalue weighted by Gasteiger charge is 2.09. The van der Waals surface area contributed by atoms with Gasteiger partial charge in [0.15, 0.2) is 0 Å². The number of benzene rings is 3. The van der Waals surface area contributed by atoms with Crippen LogP contribution in [0.5, 0.6) is 0 Å². The summed E-state index contributed by atoms with van der Waals surface area (Å²) in [5.41, 5.74) is 6.97. The SMILES string of the molecule is Cc1ccc(CCc2cccc(Nc3ccccc3C(=O)O)c2)cc1C. The number of rotatable bonds is 6. The average Bonchev–Trinajstić information content (AvgIpc) is 2.63. The maximum Gasteiger partial charge on any atom is 0.337 e. The van der Waals surface area contributed by atoms with E-state index in [9.17, 15) is 9.90 Å². The van der Waals surface area contributed by atoms with Crippen molar-refractivity contribution in [1.29, 1.82) is 0 Å². The van der Waals surface area contributed by atoms with E-state index in [-0.39, 0.29) is 5.56 Å². The Hall–Kier alpha value is -3.07. The molecule has 0 amide bonds. The lowest BCUT2D eigenvalue weighted by molar-refractivity contribution is 0.0698. The van der Waals surface area contributed by atoms with Crippen LogP contribution in [0.1, 0.15) is 32.6 Å². The first-order valence-corrected chi connectivity index (χ1v) is 8.77. The van der Waals surface area contributed by atoms with Crippen LogP contribution < -0.4 is 5.32 Å². The van der Waals surface area contributed by atoms with Crippen LogP contribution in [0, 0.1) is 13.8 Å². The quantitative estimate of drug-likeness (QED) is 0.617. The summed E-state index contributed by atoms with van der Waals surface area (Å²) in [6.07, 6.45) is 1.93. The summed E-state index contributed by atoms with van der Waals surface area (Å²) in [5.74, 6) is -0.931. The fraction of sp³-hybridized carbons (Fsp3) is 0.174. The Kier molecular flexibility index (Phi) is 5.37. The Morgan fingerprint density at radius 2 is 1.58 bits per heavy atom. The normalized spacial score (nSPS) is 10.5. The van der Waals surface area contributed by atoms with E-state index in [4.69, 9.17) is 0 Å². The third-order valence-corrected chi connectivity index (χ3v) is 4.64. The van der Waals surface area contributed by atoms with Crippen molar-refractivity contribution in [3.8, 4) is 0 Å². The van der Waals surface area contributed by atoms with Crippen molar-refractivity contribution in [3.63, 3.8) is 0 Å². The van der Waals surface area contributed by atoms with Crippen LogP contribution in [0.15, 0.2) is 66.7 Å². The molecule has 0 bridgehead atoms. The summed E-state index contributed by atoms with van der Waals surface area (Å²) in [5, 5.41) is 12.5. The van der Waals surface area contributed by atoms with Gasteiger partial charge in [-0.3, -0.25) is 0 Å². The van der Waals surface area contributed by atoms with Crippen molar-refractivity contribution in [1.82, 2.24) is 0 Å². The molecule has 0 fully saturated rings. The van der Waals surface area contributed by atoms with Gasteiger partial charge in [-0.25, -0.2) is 4.79 Å². The smallest absolute Gasteiger partial charge is 0.337 e. The number of aryl methyl sites for hydroxylation is 4. The Balaban J connectivity index is 1.72. The van der Waals surface area contributed by atoms with Crippen LogP contribution in [0.3, 0.4) is 0 Å². The molecule has 0 aliphatic heterocycles. The van der Waals surface area contributed by atoms with Gasteiger partial charge in [0, 0.05) is 5.69 Å². The second-order valence-corrected chi connectivity index (χ2v) is 6.59. The van der Waals surface area contributed by atoms with Gasteiger partial charge in [0.1, 0.15) is 0 Å². The van der Waals surface area contributed by atoms with Crippen LogP contribution in [-0.4, -0.2) is 11.1 Å². The molecular formula is C23H23NO2. The fourth-order valence-corrected chi connectivity index (χ4v) is 2.99. The molecule has 3 nitrogen and oxygen atoms in total. The maximum atomic E-state index is 11.3. The van der Waals surface area contributed by atoms with Crippen molar-refractivity contribution >= 4 is 17.3 Å². The van der Waals surface area contributed by atoms with Gasteiger partial charge in [-0.1, -0.05) is 42.5 Å². The van der Waals surface area contributed by atoms with Crippen LogP contribution in [0.25, 0.3) is 0 Å². The van der Waals surface area contributed by atoms with Crippen LogP contribution in [0.4, 0.5) is 11.4 Å².